The van der Waals surface area contributed by atoms with Crippen LogP contribution in [-0.4, -0.2) is 28.0 Å². The van der Waals surface area contributed by atoms with Gasteiger partial charge in [-0.15, -0.1) is 0 Å². The Morgan fingerprint density at radius 1 is 1.38 bits per heavy atom. The lowest BCUT2D eigenvalue weighted by Crippen LogP contribution is -2.47. The van der Waals surface area contributed by atoms with Crippen molar-refractivity contribution in [3.05, 3.63) is 36.0 Å². The van der Waals surface area contributed by atoms with Gasteiger partial charge < -0.3 is 15.4 Å². The van der Waals surface area contributed by atoms with Crippen molar-refractivity contribution in [2.24, 2.45) is 5.41 Å². The number of carboxylic acids is 1. The number of nitrogens with one attached hydrogen (secondary N) is 2. The Morgan fingerprint density at radius 3 is 2.90 bits per heavy atom. The van der Waals surface area contributed by atoms with E-state index in [-0.39, 0.29) is 11.9 Å². The molecule has 2 atom stereocenters. The van der Waals surface area contributed by atoms with Crippen molar-refractivity contribution < 1.29 is 14.7 Å². The first kappa shape index (κ1) is 13.7. The lowest BCUT2D eigenvalue weighted by atomic mass is 9.85. The third-order valence-corrected chi connectivity index (χ3v) is 4.59. The maximum atomic E-state index is 12.5. The Labute approximate surface area is 122 Å². The molecule has 0 radical (unpaired) electrons. The van der Waals surface area contributed by atoms with E-state index in [1.54, 1.807) is 13.1 Å². The number of fused-ring (bicyclic) bond motifs is 1. The minimum atomic E-state index is -0.873. The van der Waals surface area contributed by atoms with Crippen LogP contribution in [0.25, 0.3) is 10.9 Å². The minimum absolute atomic E-state index is 0.216. The summed E-state index contributed by atoms with van der Waals surface area (Å²) in [6.45, 7) is 1.71. The van der Waals surface area contributed by atoms with Gasteiger partial charge in [0.25, 0.3) is 5.91 Å². The van der Waals surface area contributed by atoms with E-state index in [0.29, 0.717) is 18.4 Å². The first-order chi connectivity index (χ1) is 10.0. The van der Waals surface area contributed by atoms with Crippen LogP contribution in [-0.2, 0) is 4.79 Å². The topological polar surface area (TPSA) is 82.2 Å². The van der Waals surface area contributed by atoms with Crippen molar-refractivity contribution in [3.63, 3.8) is 0 Å². The quantitative estimate of drug-likeness (QED) is 0.811. The average molecular weight is 286 g/mol. The number of benzene rings is 1. The van der Waals surface area contributed by atoms with Crippen molar-refractivity contribution in [3.8, 4) is 0 Å². The molecule has 2 aromatic rings. The number of H-pyrrole nitrogens is 1. The van der Waals surface area contributed by atoms with E-state index in [1.807, 2.05) is 24.3 Å². The SMILES string of the molecule is CC1(C(=O)O)CCCC1NC(=O)c1c[nH]c2ccccc12. The summed E-state index contributed by atoms with van der Waals surface area (Å²) in [5.74, 6) is -1.06. The van der Waals surface area contributed by atoms with Crippen molar-refractivity contribution >= 4 is 22.8 Å². The van der Waals surface area contributed by atoms with Gasteiger partial charge in [-0.3, -0.25) is 9.59 Å². The van der Waals surface area contributed by atoms with Crippen LogP contribution in [0.4, 0.5) is 0 Å². The van der Waals surface area contributed by atoms with E-state index in [9.17, 15) is 14.7 Å². The van der Waals surface area contributed by atoms with E-state index in [4.69, 9.17) is 0 Å². The van der Waals surface area contributed by atoms with E-state index >= 15 is 0 Å². The number of para-hydroxylation sites is 1. The second kappa shape index (κ2) is 4.91. The predicted octanol–water partition coefficient (Wildman–Crippen LogP) is 2.54. The van der Waals surface area contributed by atoms with E-state index in [1.165, 1.54) is 0 Å². The number of hydrogen-bond acceptors (Lipinski definition) is 2. The highest BCUT2D eigenvalue weighted by Crippen LogP contribution is 2.38. The van der Waals surface area contributed by atoms with Crippen LogP contribution in [0, 0.1) is 5.41 Å². The number of carboxylic acid groups (broad SMARTS) is 1. The van der Waals surface area contributed by atoms with E-state index < -0.39 is 11.4 Å². The molecule has 0 saturated heterocycles. The molecule has 0 spiro atoms. The molecular weight excluding hydrogens is 268 g/mol. The fraction of sp³-hybridized carbons (Fsp3) is 0.375. The van der Waals surface area contributed by atoms with Crippen LogP contribution in [0.2, 0.25) is 0 Å². The Bertz CT molecular complexity index is 706. The molecule has 5 nitrogen and oxygen atoms in total. The molecule has 1 fully saturated rings. The fourth-order valence-electron chi connectivity index (χ4n) is 3.15. The molecule has 1 saturated carbocycles. The minimum Gasteiger partial charge on any atom is -0.481 e. The second-order valence-corrected chi connectivity index (χ2v) is 5.89. The van der Waals surface area contributed by atoms with Gasteiger partial charge in [0.05, 0.1) is 11.0 Å². The predicted molar refractivity (Wildman–Crippen MR) is 79.1 cm³/mol. The molecule has 21 heavy (non-hydrogen) atoms. The highest BCUT2D eigenvalue weighted by Gasteiger charge is 2.46. The van der Waals surface area contributed by atoms with E-state index in [2.05, 4.69) is 10.3 Å². The molecule has 1 aromatic heterocycles. The Kier molecular flexibility index (Phi) is 3.20. The molecular formula is C16H18N2O3. The van der Waals surface area contributed by atoms with Crippen molar-refractivity contribution in [2.75, 3.05) is 0 Å². The number of aromatic amines is 1. The third-order valence-electron chi connectivity index (χ3n) is 4.59. The molecule has 110 valence electrons. The summed E-state index contributed by atoms with van der Waals surface area (Å²) in [4.78, 5) is 27.0. The van der Waals surface area contributed by atoms with E-state index in [0.717, 1.165) is 17.3 Å². The van der Waals surface area contributed by atoms with Crippen LogP contribution in [0.3, 0.4) is 0 Å². The van der Waals surface area contributed by atoms with Gasteiger partial charge in [0.2, 0.25) is 0 Å². The fourth-order valence-corrected chi connectivity index (χ4v) is 3.15. The molecule has 3 N–H and O–H groups in total. The molecule has 1 aliphatic rings. The van der Waals surface area contributed by atoms with Crippen LogP contribution in [0.15, 0.2) is 30.5 Å². The monoisotopic (exact) mass is 286 g/mol. The van der Waals surface area contributed by atoms with Gasteiger partial charge >= 0.3 is 5.97 Å². The van der Waals surface area contributed by atoms with Crippen LogP contribution in [0.1, 0.15) is 36.5 Å². The molecule has 1 aromatic carbocycles. The largest absolute Gasteiger partial charge is 0.481 e. The maximum absolute atomic E-state index is 12.5. The molecule has 1 heterocycles. The summed E-state index contributed by atoms with van der Waals surface area (Å²) in [5, 5.41) is 13.2. The zero-order valence-corrected chi connectivity index (χ0v) is 11.8. The number of carbonyl (C=O) groups is 2. The summed E-state index contributed by atoms with van der Waals surface area (Å²) in [5.41, 5.74) is 0.585. The average Bonchev–Trinajstić information content (AvgIpc) is 3.04. The molecule has 3 rings (SSSR count). The molecule has 2 unspecified atom stereocenters. The number of carbonyl (C=O) groups excluding carboxylic acids is 1. The van der Waals surface area contributed by atoms with Gasteiger partial charge in [0, 0.05) is 23.1 Å². The molecule has 5 heteroatoms. The number of rotatable bonds is 3. The Morgan fingerprint density at radius 2 is 2.14 bits per heavy atom. The Balaban J connectivity index is 1.85. The first-order valence-corrected chi connectivity index (χ1v) is 7.13. The van der Waals surface area contributed by atoms with Gasteiger partial charge in [-0.1, -0.05) is 24.6 Å². The summed E-state index contributed by atoms with van der Waals surface area (Å²) in [7, 11) is 0. The normalized spacial score (nSPS) is 25.1. The lowest BCUT2D eigenvalue weighted by molar-refractivity contribution is -0.148. The summed E-state index contributed by atoms with van der Waals surface area (Å²) >= 11 is 0. The summed E-state index contributed by atoms with van der Waals surface area (Å²) in [6, 6.07) is 7.24. The number of amides is 1. The van der Waals surface area contributed by atoms with Crippen LogP contribution in [0.5, 0.6) is 0 Å². The summed E-state index contributed by atoms with van der Waals surface area (Å²) < 4.78 is 0. The first-order valence-electron chi connectivity index (χ1n) is 7.13. The number of aromatic nitrogens is 1. The van der Waals surface area contributed by atoms with Gasteiger partial charge in [0.1, 0.15) is 0 Å². The van der Waals surface area contributed by atoms with Crippen molar-refractivity contribution in [1.29, 1.82) is 0 Å². The smallest absolute Gasteiger partial charge is 0.311 e. The maximum Gasteiger partial charge on any atom is 0.311 e. The standard InChI is InChI=1S/C16H18N2O3/c1-16(15(20)21)8-4-7-13(16)18-14(19)11-9-17-12-6-3-2-5-10(11)12/h2-3,5-6,9,13,17H,4,7-8H2,1H3,(H,18,19)(H,20,21). The lowest BCUT2D eigenvalue weighted by Gasteiger charge is -2.27. The van der Waals surface area contributed by atoms with Gasteiger partial charge in [0.15, 0.2) is 0 Å². The van der Waals surface area contributed by atoms with Gasteiger partial charge in [-0.05, 0) is 25.8 Å². The number of hydrogen-bond donors (Lipinski definition) is 3. The zero-order chi connectivity index (χ0) is 15.0. The van der Waals surface area contributed by atoms with Crippen molar-refractivity contribution in [1.82, 2.24) is 10.3 Å². The number of aliphatic carboxylic acids is 1. The molecule has 0 aliphatic heterocycles. The summed E-state index contributed by atoms with van der Waals surface area (Å²) in [6.07, 6.45) is 3.80. The van der Waals surface area contributed by atoms with Gasteiger partial charge in [-0.2, -0.15) is 0 Å². The molecule has 1 aliphatic carbocycles. The Hall–Kier alpha value is -2.30. The molecule has 0 bridgehead atoms. The van der Waals surface area contributed by atoms with Crippen LogP contribution < -0.4 is 5.32 Å². The van der Waals surface area contributed by atoms with Crippen molar-refractivity contribution in [2.45, 2.75) is 32.2 Å². The van der Waals surface area contributed by atoms with Gasteiger partial charge in [-0.25, -0.2) is 0 Å². The highest BCUT2D eigenvalue weighted by molar-refractivity contribution is 6.07. The van der Waals surface area contributed by atoms with Crippen LogP contribution >= 0.6 is 0 Å². The highest BCUT2D eigenvalue weighted by atomic mass is 16.4. The second-order valence-electron chi connectivity index (χ2n) is 5.89. The zero-order valence-electron chi connectivity index (χ0n) is 11.8. The third kappa shape index (κ3) is 2.18. The molecule has 1 amide bonds.